The third-order valence-corrected chi connectivity index (χ3v) is 2.35. The van der Waals surface area contributed by atoms with Crippen LogP contribution in [0.4, 0.5) is 5.69 Å². The molecule has 0 fully saturated rings. The van der Waals surface area contributed by atoms with Crippen LogP contribution in [0.1, 0.15) is 6.92 Å². The Morgan fingerprint density at radius 3 is 2.76 bits per heavy atom. The summed E-state index contributed by atoms with van der Waals surface area (Å²) in [6.07, 6.45) is 1.80. The van der Waals surface area contributed by atoms with E-state index in [1.807, 2.05) is 6.92 Å². The van der Waals surface area contributed by atoms with Gasteiger partial charge in [-0.25, -0.2) is 0 Å². The van der Waals surface area contributed by atoms with Crippen LogP contribution in [0.5, 0.6) is 0 Å². The van der Waals surface area contributed by atoms with Gasteiger partial charge in [0.05, 0.1) is 18.9 Å². The largest absolute Gasteiger partial charge is 0.383 e. The first-order valence-electron chi connectivity index (χ1n) is 5.62. The molecule has 0 radical (unpaired) electrons. The average Bonchev–Trinajstić information content (AvgIpc) is 2.30. The molecule has 17 heavy (non-hydrogen) atoms. The standard InChI is InChI=1S/C12H20N2O3/c1-10(9-17-3)13-11-4-5-12(15)14(8-11)6-7-16-2/h4-5,8,10,13H,6-7,9H2,1-3H3. The van der Waals surface area contributed by atoms with E-state index in [0.717, 1.165) is 5.69 Å². The van der Waals surface area contributed by atoms with Gasteiger partial charge in [-0.1, -0.05) is 0 Å². The molecule has 0 aliphatic heterocycles. The summed E-state index contributed by atoms with van der Waals surface area (Å²) in [6, 6.07) is 3.53. The van der Waals surface area contributed by atoms with Crippen molar-refractivity contribution in [2.45, 2.75) is 19.5 Å². The number of ether oxygens (including phenoxy) is 2. The molecule has 0 aromatic carbocycles. The molecule has 0 spiro atoms. The monoisotopic (exact) mass is 240 g/mol. The number of hydrogen-bond donors (Lipinski definition) is 1. The molecule has 0 saturated carbocycles. The van der Waals surface area contributed by atoms with E-state index in [4.69, 9.17) is 9.47 Å². The second-order valence-electron chi connectivity index (χ2n) is 3.94. The van der Waals surface area contributed by atoms with Crippen molar-refractivity contribution in [3.8, 4) is 0 Å². The summed E-state index contributed by atoms with van der Waals surface area (Å²) >= 11 is 0. The van der Waals surface area contributed by atoms with Crippen molar-refractivity contribution in [1.29, 1.82) is 0 Å². The summed E-state index contributed by atoms with van der Waals surface area (Å²) in [5, 5.41) is 3.26. The minimum Gasteiger partial charge on any atom is -0.383 e. The molecule has 0 saturated heterocycles. The molecule has 1 unspecified atom stereocenters. The van der Waals surface area contributed by atoms with Gasteiger partial charge in [0, 0.05) is 39.1 Å². The van der Waals surface area contributed by atoms with Crippen LogP contribution in [0, 0.1) is 0 Å². The highest BCUT2D eigenvalue weighted by Crippen LogP contribution is 2.05. The van der Waals surface area contributed by atoms with Crippen molar-refractivity contribution < 1.29 is 9.47 Å². The Morgan fingerprint density at radius 1 is 1.35 bits per heavy atom. The fourth-order valence-electron chi connectivity index (χ4n) is 1.56. The Balaban J connectivity index is 2.70. The second-order valence-corrected chi connectivity index (χ2v) is 3.94. The summed E-state index contributed by atoms with van der Waals surface area (Å²) in [6.45, 7) is 3.73. The van der Waals surface area contributed by atoms with Gasteiger partial charge in [-0.05, 0) is 13.0 Å². The minimum atomic E-state index is -0.0213. The Morgan fingerprint density at radius 2 is 2.12 bits per heavy atom. The lowest BCUT2D eigenvalue weighted by atomic mass is 10.3. The van der Waals surface area contributed by atoms with E-state index in [0.29, 0.717) is 19.8 Å². The fraction of sp³-hybridized carbons (Fsp3) is 0.583. The Hall–Kier alpha value is -1.33. The van der Waals surface area contributed by atoms with Crippen LogP contribution in [0.3, 0.4) is 0 Å². The zero-order valence-corrected chi connectivity index (χ0v) is 10.6. The second kappa shape index (κ2) is 7.09. The summed E-state index contributed by atoms with van der Waals surface area (Å²) in [7, 11) is 3.28. The number of anilines is 1. The van der Waals surface area contributed by atoms with Crippen molar-refractivity contribution in [2.24, 2.45) is 0 Å². The van der Waals surface area contributed by atoms with E-state index in [2.05, 4.69) is 5.32 Å². The quantitative estimate of drug-likeness (QED) is 0.770. The van der Waals surface area contributed by atoms with E-state index < -0.39 is 0 Å². The molecule has 0 aliphatic carbocycles. The molecular formula is C12H20N2O3. The van der Waals surface area contributed by atoms with Crippen molar-refractivity contribution in [3.05, 3.63) is 28.7 Å². The number of nitrogens with zero attached hydrogens (tertiary/aromatic N) is 1. The Labute approximate surface area is 101 Å². The lowest BCUT2D eigenvalue weighted by Crippen LogP contribution is -2.24. The predicted molar refractivity (Wildman–Crippen MR) is 67.5 cm³/mol. The number of methoxy groups -OCH3 is 2. The lowest BCUT2D eigenvalue weighted by molar-refractivity contribution is 0.186. The van der Waals surface area contributed by atoms with Gasteiger partial charge in [0.2, 0.25) is 0 Å². The van der Waals surface area contributed by atoms with Crippen LogP contribution in [0.15, 0.2) is 23.1 Å². The van der Waals surface area contributed by atoms with Crippen molar-refractivity contribution >= 4 is 5.69 Å². The van der Waals surface area contributed by atoms with E-state index in [9.17, 15) is 4.79 Å². The molecule has 0 bridgehead atoms. The van der Waals surface area contributed by atoms with Gasteiger partial charge in [-0.15, -0.1) is 0 Å². The zero-order chi connectivity index (χ0) is 12.7. The van der Waals surface area contributed by atoms with E-state index >= 15 is 0 Å². The molecule has 1 aromatic rings. The summed E-state index contributed by atoms with van der Waals surface area (Å²) < 4.78 is 11.6. The maximum Gasteiger partial charge on any atom is 0.250 e. The molecule has 0 aliphatic rings. The molecule has 96 valence electrons. The molecule has 1 atom stereocenters. The Bertz CT molecular complexity index is 390. The number of pyridine rings is 1. The van der Waals surface area contributed by atoms with Crippen LogP contribution in [-0.2, 0) is 16.0 Å². The summed E-state index contributed by atoms with van der Waals surface area (Å²) in [4.78, 5) is 11.5. The number of nitrogens with one attached hydrogen (secondary N) is 1. The molecule has 5 heteroatoms. The van der Waals surface area contributed by atoms with Crippen LogP contribution in [0.25, 0.3) is 0 Å². The maximum atomic E-state index is 11.5. The first-order chi connectivity index (χ1) is 8.17. The highest BCUT2D eigenvalue weighted by Gasteiger charge is 2.03. The van der Waals surface area contributed by atoms with E-state index in [1.165, 1.54) is 0 Å². The van der Waals surface area contributed by atoms with Gasteiger partial charge in [0.1, 0.15) is 0 Å². The van der Waals surface area contributed by atoms with E-state index in [-0.39, 0.29) is 11.6 Å². The van der Waals surface area contributed by atoms with Gasteiger partial charge >= 0.3 is 0 Å². The van der Waals surface area contributed by atoms with Gasteiger partial charge in [0.25, 0.3) is 5.56 Å². The summed E-state index contributed by atoms with van der Waals surface area (Å²) in [5.41, 5.74) is 0.886. The number of rotatable bonds is 7. The smallest absolute Gasteiger partial charge is 0.250 e. The average molecular weight is 240 g/mol. The first-order valence-corrected chi connectivity index (χ1v) is 5.62. The third kappa shape index (κ3) is 4.58. The molecule has 1 N–H and O–H groups in total. The van der Waals surface area contributed by atoms with Crippen LogP contribution < -0.4 is 10.9 Å². The number of hydrogen-bond acceptors (Lipinski definition) is 4. The highest BCUT2D eigenvalue weighted by atomic mass is 16.5. The fourth-order valence-corrected chi connectivity index (χ4v) is 1.56. The molecule has 1 heterocycles. The first kappa shape index (κ1) is 13.7. The zero-order valence-electron chi connectivity index (χ0n) is 10.6. The van der Waals surface area contributed by atoms with Crippen LogP contribution in [-0.4, -0.2) is 38.0 Å². The molecule has 5 nitrogen and oxygen atoms in total. The van der Waals surface area contributed by atoms with Crippen LogP contribution >= 0.6 is 0 Å². The van der Waals surface area contributed by atoms with Gasteiger partial charge in [-0.3, -0.25) is 4.79 Å². The lowest BCUT2D eigenvalue weighted by Gasteiger charge is -2.15. The van der Waals surface area contributed by atoms with Crippen molar-refractivity contribution in [1.82, 2.24) is 4.57 Å². The normalized spacial score (nSPS) is 12.4. The Kier molecular flexibility index (Phi) is 5.72. The highest BCUT2D eigenvalue weighted by molar-refractivity contribution is 5.41. The van der Waals surface area contributed by atoms with Crippen molar-refractivity contribution in [2.75, 3.05) is 32.8 Å². The minimum absolute atomic E-state index is 0.0213. The molecule has 1 rings (SSSR count). The summed E-state index contributed by atoms with van der Waals surface area (Å²) in [5.74, 6) is 0. The maximum absolute atomic E-state index is 11.5. The molecule has 0 amide bonds. The van der Waals surface area contributed by atoms with Gasteiger partial charge < -0.3 is 19.4 Å². The predicted octanol–water partition coefficient (Wildman–Crippen LogP) is 0.942. The van der Waals surface area contributed by atoms with Gasteiger partial charge in [-0.2, -0.15) is 0 Å². The molecular weight excluding hydrogens is 220 g/mol. The van der Waals surface area contributed by atoms with Crippen LogP contribution in [0.2, 0.25) is 0 Å². The molecule has 1 aromatic heterocycles. The van der Waals surface area contributed by atoms with Gasteiger partial charge in [0.15, 0.2) is 0 Å². The number of aromatic nitrogens is 1. The van der Waals surface area contributed by atoms with E-state index in [1.54, 1.807) is 37.1 Å². The topological polar surface area (TPSA) is 52.5 Å². The third-order valence-electron chi connectivity index (χ3n) is 2.35. The SMILES string of the molecule is COCCn1cc(NC(C)COC)ccc1=O. The van der Waals surface area contributed by atoms with Crippen molar-refractivity contribution in [3.63, 3.8) is 0 Å².